The molecule has 0 aromatic heterocycles. The van der Waals surface area contributed by atoms with Crippen molar-refractivity contribution in [3.8, 4) is 5.75 Å². The lowest BCUT2D eigenvalue weighted by molar-refractivity contribution is -0.142. The molecular formula is C17H26ClN3O2. The number of nitrogens with one attached hydrogen (secondary N) is 1. The van der Waals surface area contributed by atoms with Crippen LogP contribution in [0.2, 0.25) is 0 Å². The Morgan fingerprint density at radius 3 is 2.52 bits per heavy atom. The standard InChI is InChI=1S/C17H25N3O2.ClH/c1-17(7-4-8-18-13-17)16(22)20-11-9-19(10-12-20)14-5-2-3-6-15(14)21;/h2-3,5-6,18,21H,4,7-13H2,1H3;1H. The summed E-state index contributed by atoms with van der Waals surface area (Å²) < 4.78 is 0. The first kappa shape index (κ1) is 17.9. The van der Waals surface area contributed by atoms with Crippen LogP contribution in [0.15, 0.2) is 24.3 Å². The summed E-state index contributed by atoms with van der Waals surface area (Å²) in [6, 6.07) is 7.40. The van der Waals surface area contributed by atoms with E-state index < -0.39 is 0 Å². The van der Waals surface area contributed by atoms with Gasteiger partial charge in [-0.1, -0.05) is 12.1 Å². The highest BCUT2D eigenvalue weighted by molar-refractivity contribution is 5.85. The van der Waals surface area contributed by atoms with Crippen LogP contribution in [0.3, 0.4) is 0 Å². The van der Waals surface area contributed by atoms with Crippen LogP contribution in [0.1, 0.15) is 19.8 Å². The Labute approximate surface area is 144 Å². The summed E-state index contributed by atoms with van der Waals surface area (Å²) in [6.45, 7) is 6.87. The van der Waals surface area contributed by atoms with Crippen molar-refractivity contribution in [1.29, 1.82) is 0 Å². The summed E-state index contributed by atoms with van der Waals surface area (Å²) in [5.41, 5.74) is 0.607. The van der Waals surface area contributed by atoms with Crippen molar-refractivity contribution in [3.63, 3.8) is 0 Å². The van der Waals surface area contributed by atoms with Crippen molar-refractivity contribution in [3.05, 3.63) is 24.3 Å². The molecule has 2 aliphatic heterocycles. The van der Waals surface area contributed by atoms with Crippen LogP contribution < -0.4 is 10.2 Å². The summed E-state index contributed by atoms with van der Waals surface area (Å²) in [6.07, 6.45) is 2.04. The zero-order chi connectivity index (χ0) is 15.6. The maximum Gasteiger partial charge on any atom is 0.229 e. The van der Waals surface area contributed by atoms with E-state index in [0.29, 0.717) is 5.75 Å². The maximum atomic E-state index is 12.8. The molecule has 0 bridgehead atoms. The van der Waals surface area contributed by atoms with Gasteiger partial charge >= 0.3 is 0 Å². The Balaban J connectivity index is 0.00000192. The highest BCUT2D eigenvalue weighted by Crippen LogP contribution is 2.30. The lowest BCUT2D eigenvalue weighted by atomic mass is 9.81. The van der Waals surface area contributed by atoms with Crippen molar-refractivity contribution in [1.82, 2.24) is 10.2 Å². The molecule has 1 aromatic rings. The summed E-state index contributed by atoms with van der Waals surface area (Å²) >= 11 is 0. The molecule has 2 aliphatic rings. The van der Waals surface area contributed by atoms with Gasteiger partial charge in [0.2, 0.25) is 5.91 Å². The number of aromatic hydroxyl groups is 1. The fraction of sp³-hybridized carbons (Fsp3) is 0.588. The number of rotatable bonds is 2. The minimum Gasteiger partial charge on any atom is -0.506 e. The molecule has 3 rings (SSSR count). The predicted octanol–water partition coefficient (Wildman–Crippen LogP) is 1.85. The molecule has 2 fully saturated rings. The number of para-hydroxylation sites is 2. The third-order valence-corrected chi connectivity index (χ3v) is 4.90. The molecule has 2 heterocycles. The minimum atomic E-state index is -0.255. The summed E-state index contributed by atoms with van der Waals surface area (Å²) in [4.78, 5) is 16.9. The molecule has 1 unspecified atom stereocenters. The van der Waals surface area contributed by atoms with E-state index in [1.807, 2.05) is 23.1 Å². The number of anilines is 1. The fourth-order valence-electron chi connectivity index (χ4n) is 3.50. The molecule has 2 N–H and O–H groups in total. The van der Waals surface area contributed by atoms with E-state index in [0.717, 1.165) is 57.8 Å². The van der Waals surface area contributed by atoms with Gasteiger partial charge in [-0.15, -0.1) is 12.4 Å². The highest BCUT2D eigenvalue weighted by Gasteiger charge is 2.38. The number of hydrogen-bond acceptors (Lipinski definition) is 4. The van der Waals surface area contributed by atoms with E-state index in [1.165, 1.54) is 0 Å². The van der Waals surface area contributed by atoms with Gasteiger partial charge in [0.15, 0.2) is 0 Å². The van der Waals surface area contributed by atoms with Crippen LogP contribution in [0, 0.1) is 5.41 Å². The van der Waals surface area contributed by atoms with E-state index in [9.17, 15) is 9.90 Å². The molecule has 5 nitrogen and oxygen atoms in total. The third-order valence-electron chi connectivity index (χ3n) is 4.90. The van der Waals surface area contributed by atoms with Crippen LogP contribution in [0.5, 0.6) is 5.75 Å². The molecule has 2 saturated heterocycles. The number of piperazine rings is 1. The van der Waals surface area contributed by atoms with Gasteiger partial charge in [0.25, 0.3) is 0 Å². The van der Waals surface area contributed by atoms with Crippen molar-refractivity contribution in [2.24, 2.45) is 5.41 Å². The fourth-order valence-corrected chi connectivity index (χ4v) is 3.50. The first-order chi connectivity index (χ1) is 10.6. The summed E-state index contributed by atoms with van der Waals surface area (Å²) in [5.74, 6) is 0.586. The number of phenolic OH excluding ortho intramolecular Hbond substituents is 1. The molecule has 1 amide bonds. The largest absolute Gasteiger partial charge is 0.506 e. The van der Waals surface area contributed by atoms with Crippen molar-refractivity contribution < 1.29 is 9.90 Å². The van der Waals surface area contributed by atoms with Gasteiger partial charge in [-0.05, 0) is 38.4 Å². The quantitative estimate of drug-likeness (QED) is 0.863. The number of amides is 1. The van der Waals surface area contributed by atoms with Gasteiger partial charge in [0.05, 0.1) is 11.1 Å². The van der Waals surface area contributed by atoms with Crippen molar-refractivity contribution in [2.75, 3.05) is 44.2 Å². The van der Waals surface area contributed by atoms with Gasteiger partial charge in [-0.3, -0.25) is 4.79 Å². The number of carbonyl (C=O) groups is 1. The Morgan fingerprint density at radius 1 is 1.22 bits per heavy atom. The topological polar surface area (TPSA) is 55.8 Å². The smallest absolute Gasteiger partial charge is 0.229 e. The summed E-state index contributed by atoms with van der Waals surface area (Å²) in [5, 5.41) is 13.3. The number of nitrogens with zero attached hydrogens (tertiary/aromatic N) is 2. The number of benzene rings is 1. The SMILES string of the molecule is CC1(C(=O)N2CCN(c3ccccc3O)CC2)CCCNC1.Cl. The second-order valence-corrected chi connectivity index (χ2v) is 6.61. The molecule has 0 aliphatic carbocycles. The van der Waals surface area contributed by atoms with Crippen molar-refractivity contribution >= 4 is 24.0 Å². The number of hydrogen-bond donors (Lipinski definition) is 2. The summed E-state index contributed by atoms with van der Waals surface area (Å²) in [7, 11) is 0. The first-order valence-corrected chi connectivity index (χ1v) is 8.13. The normalized spacial score (nSPS) is 24.9. The van der Waals surface area contributed by atoms with Gasteiger partial charge in [0, 0.05) is 32.7 Å². The Kier molecular flexibility index (Phi) is 5.76. The van der Waals surface area contributed by atoms with E-state index in [4.69, 9.17) is 0 Å². The van der Waals surface area contributed by atoms with Gasteiger partial charge in [0.1, 0.15) is 5.75 Å². The molecule has 23 heavy (non-hydrogen) atoms. The number of piperidine rings is 1. The lowest BCUT2D eigenvalue weighted by Gasteiger charge is -2.42. The van der Waals surface area contributed by atoms with E-state index >= 15 is 0 Å². The Morgan fingerprint density at radius 2 is 1.91 bits per heavy atom. The van der Waals surface area contributed by atoms with Gasteiger partial charge in [-0.25, -0.2) is 0 Å². The number of halogens is 1. The lowest BCUT2D eigenvalue weighted by Crippen LogP contribution is -2.55. The molecular weight excluding hydrogens is 314 g/mol. The average molecular weight is 340 g/mol. The van der Waals surface area contributed by atoms with E-state index in [1.54, 1.807) is 6.07 Å². The zero-order valence-corrected chi connectivity index (χ0v) is 14.4. The second-order valence-electron chi connectivity index (χ2n) is 6.61. The second kappa shape index (κ2) is 7.41. The molecule has 6 heteroatoms. The van der Waals surface area contributed by atoms with Crippen molar-refractivity contribution in [2.45, 2.75) is 19.8 Å². The highest BCUT2D eigenvalue weighted by atomic mass is 35.5. The van der Waals surface area contributed by atoms with Crippen LogP contribution >= 0.6 is 12.4 Å². The first-order valence-electron chi connectivity index (χ1n) is 8.13. The molecule has 128 valence electrons. The van der Waals surface area contributed by atoms with Crippen LogP contribution in [0.25, 0.3) is 0 Å². The van der Waals surface area contributed by atoms with Crippen LogP contribution in [-0.2, 0) is 4.79 Å². The number of carbonyl (C=O) groups excluding carboxylic acids is 1. The Bertz CT molecular complexity index is 538. The molecule has 0 saturated carbocycles. The monoisotopic (exact) mass is 339 g/mol. The van der Waals surface area contributed by atoms with Gasteiger partial charge in [-0.2, -0.15) is 0 Å². The maximum absolute atomic E-state index is 12.8. The zero-order valence-electron chi connectivity index (χ0n) is 13.6. The Hall–Kier alpha value is -1.46. The van der Waals surface area contributed by atoms with E-state index in [-0.39, 0.29) is 23.7 Å². The predicted molar refractivity (Wildman–Crippen MR) is 94.4 cm³/mol. The molecule has 1 aromatic carbocycles. The van der Waals surface area contributed by atoms with Crippen LogP contribution in [-0.4, -0.2) is 55.2 Å². The average Bonchev–Trinajstić information content (AvgIpc) is 2.55. The molecule has 1 atom stereocenters. The van der Waals surface area contributed by atoms with Crippen LogP contribution in [0.4, 0.5) is 5.69 Å². The van der Waals surface area contributed by atoms with E-state index in [2.05, 4.69) is 17.1 Å². The van der Waals surface area contributed by atoms with Gasteiger partial charge < -0.3 is 20.2 Å². The number of phenols is 1. The minimum absolute atomic E-state index is 0. The molecule has 0 spiro atoms. The third kappa shape index (κ3) is 3.72. The molecule has 0 radical (unpaired) electrons.